The van der Waals surface area contributed by atoms with Crippen molar-refractivity contribution in [2.24, 2.45) is 79.7 Å². The van der Waals surface area contributed by atoms with Crippen LogP contribution in [0.4, 0.5) is 0 Å². The second-order valence-corrected chi connectivity index (χ2v) is 24.0. The van der Waals surface area contributed by atoms with E-state index in [0.717, 1.165) is 29.2 Å². The number of hydrogen-bond acceptors (Lipinski definition) is 14. The van der Waals surface area contributed by atoms with Gasteiger partial charge in [0, 0.05) is 75.9 Å². The van der Waals surface area contributed by atoms with Crippen molar-refractivity contribution in [1.82, 2.24) is 20.9 Å². The minimum absolute atomic E-state index is 0.00904. The maximum Gasteiger partial charge on any atom is 0.240 e. The standard InChI is InChI=1S/C67H95N13O11/c1-41(2)31-50(39-59(85)55(35-45-22-25-46-17-10-11-18-47(46)33-45)78-64(90)51(32-44-23-26-52(81)27-24-44)36-53(82)21-9-6-12-28-68)63(89)77-54(34-43-15-7-5-8-16-43)58(84)38-49(20-14-30-76-67(73)74)65(91)80(4)42(3)57(83)37-48(19-13-29-75-66(71)72)62(88)79-56(61(70)87)40-60(69)86/h5,7-8,10-11,15-18,22-27,33,41-42,48-51,54-56,81H,6,9,12-14,19-21,28-32,34-40,68H2,1-4H3,(H2,69,86)(H2,70,87)(H,77,89)(H,78,90)(H,79,88)(H4,71,72,75)(H4,73,74,76)/t42-,48+,49+,50+,51+,54-,55-,56-/m0/s1. The molecule has 91 heavy (non-hydrogen) atoms. The number of carbonyl (C=O) groups is 10. The van der Waals surface area contributed by atoms with Crippen LogP contribution in [0.15, 0.2) is 107 Å². The third-order valence-corrected chi connectivity index (χ3v) is 16.0. The minimum Gasteiger partial charge on any atom is -0.508 e. The predicted molar refractivity (Wildman–Crippen MR) is 350 cm³/mol. The van der Waals surface area contributed by atoms with Gasteiger partial charge in [-0.15, -0.1) is 0 Å². The lowest BCUT2D eigenvalue weighted by Crippen LogP contribution is -2.50. The number of phenolic OH excluding ortho intramolecular Hbond substituents is 1. The summed E-state index contributed by atoms with van der Waals surface area (Å²) in [5.41, 5.74) is 40.8. The number of nitrogens with two attached hydrogens (primary N) is 7. The van der Waals surface area contributed by atoms with Crippen molar-refractivity contribution in [3.8, 4) is 5.75 Å². The number of phenols is 1. The van der Waals surface area contributed by atoms with Gasteiger partial charge in [-0.25, -0.2) is 0 Å². The number of primary amides is 2. The average Bonchev–Trinajstić information content (AvgIpc) is 1.50. The van der Waals surface area contributed by atoms with Gasteiger partial charge in [0.25, 0.3) is 0 Å². The summed E-state index contributed by atoms with van der Waals surface area (Å²) in [6.45, 7) is 5.91. The van der Waals surface area contributed by atoms with Crippen LogP contribution in [-0.2, 0) is 67.2 Å². The molecule has 0 radical (unpaired) electrons. The van der Waals surface area contributed by atoms with E-state index >= 15 is 14.4 Å². The quantitative estimate of drug-likeness (QED) is 0.0172. The van der Waals surface area contributed by atoms with Crippen molar-refractivity contribution >= 4 is 81.3 Å². The van der Waals surface area contributed by atoms with E-state index in [1.807, 2.05) is 56.3 Å². The van der Waals surface area contributed by atoms with Crippen LogP contribution in [0.25, 0.3) is 10.8 Å². The van der Waals surface area contributed by atoms with Gasteiger partial charge in [-0.2, -0.15) is 0 Å². The number of amides is 6. The fraction of sp³-hybridized carbons (Fsp3) is 0.493. The first-order valence-corrected chi connectivity index (χ1v) is 31.2. The zero-order valence-electron chi connectivity index (χ0n) is 53.0. The average molecular weight is 1260 g/mol. The SMILES string of the molecule is CC(C)C[C@H](CC(=O)[C@H](Cc1ccc2ccccc2c1)NC(=O)[C@@H](CC(=O)CCCCCN)Cc1ccc(O)cc1)C(=O)N[C@@H](Cc1ccccc1)C(=O)C[C@@H](CCCN=C(N)N)C(=O)N(C)[C@@H](C)C(=O)C[C@@H](CCCN=C(N)N)C(=O)N[C@@H](CC(N)=O)C(N)=O. The van der Waals surface area contributed by atoms with E-state index in [9.17, 15) is 38.7 Å². The fourth-order valence-electron chi connectivity index (χ4n) is 10.9. The number of aliphatic imine (C=N–C) groups is 2. The van der Waals surface area contributed by atoms with Gasteiger partial charge in [0.2, 0.25) is 35.4 Å². The summed E-state index contributed by atoms with van der Waals surface area (Å²) in [6.07, 6.45) is 1.32. The molecule has 0 aliphatic rings. The molecule has 24 nitrogen and oxygen atoms in total. The number of Topliss-reactive ketones (excluding diaryl/α,β-unsaturated/α-hetero) is 4. The largest absolute Gasteiger partial charge is 0.508 e. The highest BCUT2D eigenvalue weighted by Gasteiger charge is 2.37. The Bertz CT molecular complexity index is 3150. The predicted octanol–water partition coefficient (Wildman–Crippen LogP) is 3.21. The number of rotatable bonds is 43. The van der Waals surface area contributed by atoms with Crippen LogP contribution >= 0.6 is 0 Å². The molecule has 18 N–H and O–H groups in total. The topological polar surface area (TPSA) is 437 Å². The van der Waals surface area contributed by atoms with E-state index < -0.39 is 120 Å². The number of nitrogens with one attached hydrogen (secondary N) is 3. The molecular weight excluding hydrogens is 1160 g/mol. The molecule has 8 atom stereocenters. The number of guanidine groups is 2. The minimum atomic E-state index is -1.47. The zero-order valence-corrected chi connectivity index (χ0v) is 53.0. The molecule has 0 unspecified atom stereocenters. The molecule has 0 fully saturated rings. The molecule has 0 aliphatic heterocycles. The second-order valence-electron chi connectivity index (χ2n) is 24.0. The van der Waals surface area contributed by atoms with Crippen LogP contribution in [0.3, 0.4) is 0 Å². The molecule has 4 aromatic carbocycles. The molecule has 0 heterocycles. The zero-order chi connectivity index (χ0) is 67.2. The number of carbonyl (C=O) groups excluding carboxylic acids is 10. The first-order chi connectivity index (χ1) is 43.2. The Kier molecular flexibility index (Phi) is 31.5. The number of ketones is 4. The fourth-order valence-corrected chi connectivity index (χ4v) is 10.9. The highest BCUT2D eigenvalue weighted by atomic mass is 16.3. The maximum absolute atomic E-state index is 15.1. The van der Waals surface area contributed by atoms with Gasteiger partial charge in [0.15, 0.2) is 29.3 Å². The van der Waals surface area contributed by atoms with Crippen molar-refractivity contribution in [1.29, 1.82) is 0 Å². The van der Waals surface area contributed by atoms with E-state index in [0.29, 0.717) is 24.1 Å². The number of benzene rings is 4. The Morgan fingerprint density at radius 1 is 0.505 bits per heavy atom. The third-order valence-electron chi connectivity index (χ3n) is 16.0. The van der Waals surface area contributed by atoms with Crippen LogP contribution in [0, 0.1) is 29.6 Å². The molecule has 24 heteroatoms. The van der Waals surface area contributed by atoms with E-state index in [1.165, 1.54) is 31.0 Å². The summed E-state index contributed by atoms with van der Waals surface area (Å²) in [5.74, 6) is -10.8. The van der Waals surface area contributed by atoms with Crippen molar-refractivity contribution in [3.05, 3.63) is 114 Å². The van der Waals surface area contributed by atoms with Crippen molar-refractivity contribution in [2.75, 3.05) is 26.7 Å². The van der Waals surface area contributed by atoms with E-state index in [4.69, 9.17) is 40.1 Å². The van der Waals surface area contributed by atoms with Gasteiger partial charge in [0.1, 0.15) is 17.6 Å². The molecule has 0 bridgehead atoms. The molecule has 0 aliphatic carbocycles. The smallest absolute Gasteiger partial charge is 0.240 e. The third kappa shape index (κ3) is 26.9. The van der Waals surface area contributed by atoms with Gasteiger partial charge in [-0.1, -0.05) is 105 Å². The van der Waals surface area contributed by atoms with Crippen LogP contribution in [-0.4, -0.2) is 131 Å². The molecule has 6 amide bonds. The second kappa shape index (κ2) is 38.5. The lowest BCUT2D eigenvalue weighted by molar-refractivity contribution is -0.143. The Balaban J connectivity index is 1.68. The van der Waals surface area contributed by atoms with Crippen LogP contribution in [0.2, 0.25) is 0 Å². The summed E-state index contributed by atoms with van der Waals surface area (Å²) in [5, 5.41) is 20.3. The highest BCUT2D eigenvalue weighted by molar-refractivity contribution is 5.98. The van der Waals surface area contributed by atoms with E-state index in [-0.39, 0.29) is 113 Å². The lowest BCUT2D eigenvalue weighted by Gasteiger charge is -2.30. The molecule has 0 saturated carbocycles. The number of nitrogens with zero attached hydrogens (tertiary/aromatic N) is 3. The summed E-state index contributed by atoms with van der Waals surface area (Å²) >= 11 is 0. The van der Waals surface area contributed by atoms with Gasteiger partial charge >= 0.3 is 0 Å². The Morgan fingerprint density at radius 2 is 1.01 bits per heavy atom. The van der Waals surface area contributed by atoms with Gasteiger partial charge < -0.3 is 66.1 Å². The first-order valence-electron chi connectivity index (χ1n) is 31.2. The number of fused-ring (bicyclic) bond motifs is 1. The molecule has 4 aromatic rings. The van der Waals surface area contributed by atoms with E-state index in [2.05, 4.69) is 25.9 Å². The van der Waals surface area contributed by atoms with Crippen molar-refractivity contribution in [2.45, 2.75) is 154 Å². The van der Waals surface area contributed by atoms with Gasteiger partial charge in [-0.3, -0.25) is 57.9 Å². The number of hydrogen-bond donors (Lipinski definition) is 11. The van der Waals surface area contributed by atoms with Crippen molar-refractivity contribution in [3.63, 3.8) is 0 Å². The highest BCUT2D eigenvalue weighted by Crippen LogP contribution is 2.26. The van der Waals surface area contributed by atoms with Crippen LogP contribution in [0.5, 0.6) is 5.75 Å². The lowest BCUT2D eigenvalue weighted by atomic mass is 9.86. The van der Waals surface area contributed by atoms with Gasteiger partial charge in [-0.05, 0) is 123 Å². The van der Waals surface area contributed by atoms with Gasteiger partial charge in [0.05, 0.1) is 24.5 Å². The normalized spacial score (nSPS) is 13.8. The Hall–Kier alpha value is -9.06. The summed E-state index contributed by atoms with van der Waals surface area (Å²) in [4.78, 5) is 149. The Morgan fingerprint density at radius 3 is 1.58 bits per heavy atom. The molecule has 0 saturated heterocycles. The first kappa shape index (κ1) is 74.4. The van der Waals surface area contributed by atoms with Crippen molar-refractivity contribution < 1.29 is 53.1 Å². The molecule has 494 valence electrons. The van der Waals surface area contributed by atoms with Crippen LogP contribution in [0.1, 0.15) is 127 Å². The monoisotopic (exact) mass is 1260 g/mol. The maximum atomic E-state index is 15.1. The molecular formula is C67H95N13O11. The molecule has 4 rings (SSSR count). The molecule has 0 aromatic heterocycles. The summed E-state index contributed by atoms with van der Waals surface area (Å²) in [6, 6.07) is 23.6. The van der Waals surface area contributed by atoms with E-state index in [1.54, 1.807) is 42.5 Å². The summed E-state index contributed by atoms with van der Waals surface area (Å²) in [7, 11) is 1.39. The number of likely N-dealkylation sites (N-methyl/N-ethyl adjacent to an activating group) is 1. The summed E-state index contributed by atoms with van der Waals surface area (Å²) < 4.78 is 0. The van der Waals surface area contributed by atoms with Crippen LogP contribution < -0.4 is 56.1 Å². The number of aromatic hydroxyl groups is 1. The Labute approximate surface area is 533 Å². The number of unbranched alkanes of at least 4 members (excludes halogenated alkanes) is 2. The molecule has 0 spiro atoms.